The highest BCUT2D eigenvalue weighted by molar-refractivity contribution is 5.85. The zero-order chi connectivity index (χ0) is 7.56. The van der Waals surface area contributed by atoms with E-state index in [0.717, 1.165) is 13.1 Å². The summed E-state index contributed by atoms with van der Waals surface area (Å²) in [5.41, 5.74) is 5.51. The Kier molecular flexibility index (Phi) is 2.27. The Bertz CT molecular complexity index is 142. The average molecular weight is 141 g/mol. The molecule has 10 heavy (non-hydrogen) atoms. The maximum absolute atomic E-state index is 5.51. The standard InChI is InChI=1S/C7H15N3/c1-6(5-8)7-9-3-4-10(7)2/h6H,3-5,8H2,1-2H3. The van der Waals surface area contributed by atoms with Crippen molar-refractivity contribution < 1.29 is 0 Å². The predicted molar refractivity (Wildman–Crippen MR) is 43.2 cm³/mol. The van der Waals surface area contributed by atoms with Crippen LogP contribution in [-0.4, -0.2) is 37.4 Å². The number of aliphatic imine (C=N–C) groups is 1. The molecular formula is C7H15N3. The molecule has 1 rings (SSSR count). The van der Waals surface area contributed by atoms with Gasteiger partial charge in [0.25, 0.3) is 0 Å². The minimum atomic E-state index is 0.424. The number of hydrogen-bond donors (Lipinski definition) is 1. The van der Waals surface area contributed by atoms with Crippen LogP contribution in [0.3, 0.4) is 0 Å². The summed E-state index contributed by atoms with van der Waals surface area (Å²) in [7, 11) is 2.07. The second kappa shape index (κ2) is 3.01. The first-order valence-electron chi connectivity index (χ1n) is 3.71. The molecule has 0 amide bonds. The highest BCUT2D eigenvalue weighted by Crippen LogP contribution is 2.06. The Morgan fingerprint density at radius 2 is 2.50 bits per heavy atom. The number of nitrogens with zero attached hydrogens (tertiary/aromatic N) is 2. The van der Waals surface area contributed by atoms with Crippen LogP contribution in [0.25, 0.3) is 0 Å². The van der Waals surface area contributed by atoms with Crippen molar-refractivity contribution in [1.82, 2.24) is 4.90 Å². The molecule has 0 bridgehead atoms. The van der Waals surface area contributed by atoms with Gasteiger partial charge in [0.05, 0.1) is 6.54 Å². The Morgan fingerprint density at radius 3 is 2.90 bits per heavy atom. The van der Waals surface area contributed by atoms with Crippen molar-refractivity contribution >= 4 is 5.84 Å². The van der Waals surface area contributed by atoms with Gasteiger partial charge >= 0.3 is 0 Å². The van der Waals surface area contributed by atoms with Crippen LogP contribution in [0.1, 0.15) is 6.92 Å². The van der Waals surface area contributed by atoms with E-state index in [1.807, 2.05) is 0 Å². The molecule has 0 aromatic rings. The molecule has 1 aliphatic rings. The van der Waals surface area contributed by atoms with Gasteiger partial charge < -0.3 is 10.6 Å². The normalized spacial score (nSPS) is 21.1. The molecule has 0 aromatic carbocycles. The fraction of sp³-hybridized carbons (Fsp3) is 0.857. The maximum Gasteiger partial charge on any atom is 0.103 e. The van der Waals surface area contributed by atoms with Gasteiger partial charge in [-0.05, 0) is 0 Å². The van der Waals surface area contributed by atoms with Crippen LogP contribution in [-0.2, 0) is 0 Å². The first-order valence-corrected chi connectivity index (χ1v) is 3.71. The minimum absolute atomic E-state index is 0.424. The topological polar surface area (TPSA) is 41.6 Å². The van der Waals surface area contributed by atoms with E-state index in [-0.39, 0.29) is 0 Å². The molecule has 1 atom stereocenters. The lowest BCUT2D eigenvalue weighted by Gasteiger charge is -2.17. The van der Waals surface area contributed by atoms with Gasteiger partial charge in [-0.1, -0.05) is 6.92 Å². The molecule has 0 aromatic heterocycles. The van der Waals surface area contributed by atoms with Gasteiger partial charge in [-0.3, -0.25) is 4.99 Å². The van der Waals surface area contributed by atoms with E-state index in [0.29, 0.717) is 12.5 Å². The molecule has 1 unspecified atom stereocenters. The molecular weight excluding hydrogens is 126 g/mol. The summed E-state index contributed by atoms with van der Waals surface area (Å²) in [5, 5.41) is 0. The van der Waals surface area contributed by atoms with E-state index in [2.05, 4.69) is 23.9 Å². The number of nitrogens with two attached hydrogens (primary N) is 1. The van der Waals surface area contributed by atoms with Crippen molar-refractivity contribution in [1.29, 1.82) is 0 Å². The Labute approximate surface area is 61.9 Å². The highest BCUT2D eigenvalue weighted by atomic mass is 15.2. The molecule has 58 valence electrons. The smallest absolute Gasteiger partial charge is 0.103 e. The molecule has 0 aliphatic carbocycles. The molecule has 3 heteroatoms. The third-order valence-corrected chi connectivity index (χ3v) is 1.89. The van der Waals surface area contributed by atoms with Crippen molar-refractivity contribution in [2.24, 2.45) is 16.6 Å². The van der Waals surface area contributed by atoms with Gasteiger partial charge in [-0.25, -0.2) is 0 Å². The summed E-state index contributed by atoms with van der Waals surface area (Å²) in [6, 6.07) is 0. The predicted octanol–water partition coefficient (Wildman–Crippen LogP) is -0.0749. The van der Waals surface area contributed by atoms with Crippen molar-refractivity contribution in [2.75, 3.05) is 26.7 Å². The summed E-state index contributed by atoms with van der Waals surface area (Å²) in [5.74, 6) is 1.59. The van der Waals surface area contributed by atoms with Gasteiger partial charge in [0.2, 0.25) is 0 Å². The second-order valence-corrected chi connectivity index (χ2v) is 2.80. The highest BCUT2D eigenvalue weighted by Gasteiger charge is 2.16. The number of likely N-dealkylation sites (N-methyl/N-ethyl adjacent to an activating group) is 1. The summed E-state index contributed by atoms with van der Waals surface area (Å²) in [4.78, 5) is 6.53. The number of rotatable bonds is 2. The third kappa shape index (κ3) is 1.29. The van der Waals surface area contributed by atoms with E-state index in [9.17, 15) is 0 Å². The zero-order valence-electron chi connectivity index (χ0n) is 6.67. The average Bonchev–Trinajstić information content (AvgIpc) is 2.34. The van der Waals surface area contributed by atoms with Crippen LogP contribution >= 0.6 is 0 Å². The molecule has 0 radical (unpaired) electrons. The fourth-order valence-corrected chi connectivity index (χ4v) is 1.19. The molecule has 0 saturated carbocycles. The summed E-state index contributed by atoms with van der Waals surface area (Å²) < 4.78 is 0. The van der Waals surface area contributed by atoms with Crippen LogP contribution in [0.5, 0.6) is 0 Å². The quantitative estimate of drug-likeness (QED) is 0.584. The SMILES string of the molecule is CC(CN)C1=NCCN1C. The molecule has 2 N–H and O–H groups in total. The van der Waals surface area contributed by atoms with Gasteiger partial charge in [-0.15, -0.1) is 0 Å². The molecule has 1 aliphatic heterocycles. The van der Waals surface area contributed by atoms with Crippen LogP contribution in [0.4, 0.5) is 0 Å². The number of hydrogen-bond acceptors (Lipinski definition) is 3. The Balaban J connectivity index is 2.53. The molecule has 3 nitrogen and oxygen atoms in total. The second-order valence-electron chi connectivity index (χ2n) is 2.80. The van der Waals surface area contributed by atoms with Gasteiger partial charge in [-0.2, -0.15) is 0 Å². The summed E-state index contributed by atoms with van der Waals surface area (Å²) in [6.45, 7) is 4.81. The lowest BCUT2D eigenvalue weighted by Crippen LogP contribution is -2.32. The Morgan fingerprint density at radius 1 is 1.80 bits per heavy atom. The van der Waals surface area contributed by atoms with Gasteiger partial charge in [0, 0.05) is 26.1 Å². The molecule has 0 fully saturated rings. The van der Waals surface area contributed by atoms with Gasteiger partial charge in [0.15, 0.2) is 0 Å². The molecule has 0 saturated heterocycles. The number of amidine groups is 1. The summed E-state index contributed by atoms with van der Waals surface area (Å²) >= 11 is 0. The molecule has 1 heterocycles. The maximum atomic E-state index is 5.51. The molecule has 0 spiro atoms. The lowest BCUT2D eigenvalue weighted by atomic mass is 10.1. The summed E-state index contributed by atoms with van der Waals surface area (Å²) in [6.07, 6.45) is 0. The monoisotopic (exact) mass is 141 g/mol. The fourth-order valence-electron chi connectivity index (χ4n) is 1.19. The van der Waals surface area contributed by atoms with E-state index >= 15 is 0 Å². The Hall–Kier alpha value is -0.570. The van der Waals surface area contributed by atoms with Crippen molar-refractivity contribution in [3.8, 4) is 0 Å². The van der Waals surface area contributed by atoms with E-state index < -0.39 is 0 Å². The van der Waals surface area contributed by atoms with Crippen LogP contribution < -0.4 is 5.73 Å². The lowest BCUT2D eigenvalue weighted by molar-refractivity contribution is 0.522. The van der Waals surface area contributed by atoms with Crippen molar-refractivity contribution in [3.05, 3.63) is 0 Å². The zero-order valence-corrected chi connectivity index (χ0v) is 6.67. The van der Waals surface area contributed by atoms with Crippen LogP contribution in [0, 0.1) is 5.92 Å². The largest absolute Gasteiger partial charge is 0.361 e. The third-order valence-electron chi connectivity index (χ3n) is 1.89. The van der Waals surface area contributed by atoms with E-state index in [1.165, 1.54) is 5.84 Å². The first-order chi connectivity index (χ1) is 4.75. The first kappa shape index (κ1) is 7.54. The van der Waals surface area contributed by atoms with Crippen LogP contribution in [0.15, 0.2) is 4.99 Å². The van der Waals surface area contributed by atoms with Crippen molar-refractivity contribution in [2.45, 2.75) is 6.92 Å². The van der Waals surface area contributed by atoms with E-state index in [1.54, 1.807) is 0 Å². The van der Waals surface area contributed by atoms with Crippen LogP contribution in [0.2, 0.25) is 0 Å². The minimum Gasteiger partial charge on any atom is -0.361 e. The van der Waals surface area contributed by atoms with E-state index in [4.69, 9.17) is 5.73 Å². The van der Waals surface area contributed by atoms with Crippen molar-refractivity contribution in [3.63, 3.8) is 0 Å². The van der Waals surface area contributed by atoms with Gasteiger partial charge in [0.1, 0.15) is 5.84 Å².